The van der Waals surface area contributed by atoms with Crippen molar-refractivity contribution in [2.75, 3.05) is 41.3 Å². The SMILES string of the molecule is Cc1ccc(Nc2nccc(N3CCN(c4ncccn4)CC3)n2)c(C)c1. The van der Waals surface area contributed by atoms with Gasteiger partial charge >= 0.3 is 0 Å². The van der Waals surface area contributed by atoms with Crippen molar-refractivity contribution in [3.05, 3.63) is 60.0 Å². The summed E-state index contributed by atoms with van der Waals surface area (Å²) in [6, 6.07) is 10.1. The summed E-state index contributed by atoms with van der Waals surface area (Å²) >= 11 is 0. The zero-order chi connectivity index (χ0) is 18.6. The summed E-state index contributed by atoms with van der Waals surface area (Å²) in [5, 5.41) is 3.33. The topological polar surface area (TPSA) is 70.1 Å². The molecule has 7 heteroatoms. The van der Waals surface area contributed by atoms with Crippen LogP contribution in [0.4, 0.5) is 23.4 Å². The fraction of sp³-hybridized carbons (Fsp3) is 0.300. The number of nitrogens with zero attached hydrogens (tertiary/aromatic N) is 6. The fourth-order valence-electron chi connectivity index (χ4n) is 3.25. The van der Waals surface area contributed by atoms with Gasteiger partial charge in [-0.3, -0.25) is 0 Å². The second kappa shape index (κ2) is 7.57. The summed E-state index contributed by atoms with van der Waals surface area (Å²) in [6.45, 7) is 7.66. The molecule has 7 nitrogen and oxygen atoms in total. The third-order valence-electron chi connectivity index (χ3n) is 4.71. The summed E-state index contributed by atoms with van der Waals surface area (Å²) in [5.74, 6) is 2.34. The van der Waals surface area contributed by atoms with Gasteiger partial charge in [-0.05, 0) is 37.6 Å². The highest BCUT2D eigenvalue weighted by Crippen LogP contribution is 2.21. The molecule has 0 radical (unpaired) electrons. The van der Waals surface area contributed by atoms with Crippen LogP contribution in [0, 0.1) is 13.8 Å². The quantitative estimate of drug-likeness (QED) is 0.766. The maximum atomic E-state index is 4.71. The van der Waals surface area contributed by atoms with Crippen molar-refractivity contribution in [3.63, 3.8) is 0 Å². The van der Waals surface area contributed by atoms with Crippen LogP contribution in [0.5, 0.6) is 0 Å². The zero-order valence-corrected chi connectivity index (χ0v) is 15.6. The van der Waals surface area contributed by atoms with Crippen molar-refractivity contribution >= 4 is 23.4 Å². The molecule has 1 saturated heterocycles. The molecular weight excluding hydrogens is 338 g/mol. The summed E-state index contributed by atoms with van der Waals surface area (Å²) in [5.41, 5.74) is 3.46. The molecule has 0 amide bonds. The van der Waals surface area contributed by atoms with E-state index in [4.69, 9.17) is 4.98 Å². The Morgan fingerprint density at radius 2 is 1.59 bits per heavy atom. The highest BCUT2D eigenvalue weighted by Gasteiger charge is 2.20. The second-order valence-electron chi connectivity index (χ2n) is 6.70. The lowest BCUT2D eigenvalue weighted by molar-refractivity contribution is 0.634. The molecule has 1 aliphatic heterocycles. The molecule has 4 rings (SSSR count). The van der Waals surface area contributed by atoms with Gasteiger partial charge in [0.05, 0.1) is 0 Å². The van der Waals surface area contributed by atoms with Crippen LogP contribution in [0.1, 0.15) is 11.1 Å². The van der Waals surface area contributed by atoms with Crippen LogP contribution in [0.3, 0.4) is 0 Å². The van der Waals surface area contributed by atoms with Gasteiger partial charge in [0, 0.05) is 50.5 Å². The molecule has 0 saturated carbocycles. The van der Waals surface area contributed by atoms with Crippen LogP contribution in [0.2, 0.25) is 0 Å². The van der Waals surface area contributed by atoms with Crippen molar-refractivity contribution in [3.8, 4) is 0 Å². The normalized spacial score (nSPS) is 14.3. The standard InChI is InChI=1S/C20H23N7/c1-15-4-5-17(16(2)14-15)24-19-21-9-6-18(25-19)26-10-12-27(13-11-26)20-22-7-3-8-23-20/h3-9,14H,10-13H2,1-2H3,(H,21,24,25). The van der Waals surface area contributed by atoms with E-state index in [1.165, 1.54) is 11.1 Å². The maximum Gasteiger partial charge on any atom is 0.229 e. The summed E-state index contributed by atoms with van der Waals surface area (Å²) in [4.78, 5) is 22.2. The number of aromatic nitrogens is 4. The minimum absolute atomic E-state index is 0.619. The van der Waals surface area contributed by atoms with Crippen molar-refractivity contribution in [1.29, 1.82) is 0 Å². The number of anilines is 4. The molecule has 0 bridgehead atoms. The smallest absolute Gasteiger partial charge is 0.229 e. The molecule has 1 fully saturated rings. The maximum absolute atomic E-state index is 4.71. The summed E-state index contributed by atoms with van der Waals surface area (Å²) < 4.78 is 0. The van der Waals surface area contributed by atoms with Gasteiger partial charge in [0.2, 0.25) is 11.9 Å². The minimum atomic E-state index is 0.619. The van der Waals surface area contributed by atoms with E-state index in [0.717, 1.165) is 43.6 Å². The average molecular weight is 361 g/mol. The molecule has 0 unspecified atom stereocenters. The van der Waals surface area contributed by atoms with Gasteiger partial charge in [-0.15, -0.1) is 0 Å². The molecule has 0 aliphatic carbocycles. The number of hydrogen-bond donors (Lipinski definition) is 1. The van der Waals surface area contributed by atoms with Gasteiger partial charge in [0.15, 0.2) is 0 Å². The predicted octanol–water partition coefficient (Wildman–Crippen LogP) is 2.95. The lowest BCUT2D eigenvalue weighted by atomic mass is 10.1. The number of piperazine rings is 1. The first-order valence-corrected chi connectivity index (χ1v) is 9.13. The number of aryl methyl sites for hydroxylation is 2. The molecule has 27 heavy (non-hydrogen) atoms. The average Bonchev–Trinajstić information content (AvgIpc) is 2.71. The van der Waals surface area contributed by atoms with Crippen LogP contribution in [0.25, 0.3) is 0 Å². The largest absolute Gasteiger partial charge is 0.353 e. The zero-order valence-electron chi connectivity index (χ0n) is 15.6. The summed E-state index contributed by atoms with van der Waals surface area (Å²) in [7, 11) is 0. The fourth-order valence-corrected chi connectivity index (χ4v) is 3.25. The molecule has 0 spiro atoms. The lowest BCUT2D eigenvalue weighted by Gasteiger charge is -2.35. The Balaban J connectivity index is 1.44. The van der Waals surface area contributed by atoms with E-state index in [0.29, 0.717) is 5.95 Å². The number of rotatable bonds is 4. The molecule has 1 aliphatic rings. The molecule has 1 aromatic carbocycles. The minimum Gasteiger partial charge on any atom is -0.353 e. The van der Waals surface area contributed by atoms with Crippen molar-refractivity contribution in [2.24, 2.45) is 0 Å². The Hall–Kier alpha value is -3.22. The van der Waals surface area contributed by atoms with Gasteiger partial charge in [-0.2, -0.15) is 4.98 Å². The molecular formula is C20H23N7. The van der Waals surface area contributed by atoms with E-state index in [1.807, 2.05) is 12.1 Å². The number of benzene rings is 1. The van der Waals surface area contributed by atoms with E-state index in [1.54, 1.807) is 18.6 Å². The Kier molecular flexibility index (Phi) is 4.82. The Morgan fingerprint density at radius 1 is 0.852 bits per heavy atom. The lowest BCUT2D eigenvalue weighted by Crippen LogP contribution is -2.47. The monoisotopic (exact) mass is 361 g/mol. The molecule has 3 heterocycles. The van der Waals surface area contributed by atoms with Crippen LogP contribution < -0.4 is 15.1 Å². The molecule has 2 aromatic heterocycles. The van der Waals surface area contributed by atoms with Gasteiger partial charge in [0.1, 0.15) is 5.82 Å². The van der Waals surface area contributed by atoms with Crippen LogP contribution in [0.15, 0.2) is 48.9 Å². The third kappa shape index (κ3) is 3.97. The van der Waals surface area contributed by atoms with Gasteiger partial charge in [-0.25, -0.2) is 15.0 Å². The highest BCUT2D eigenvalue weighted by atomic mass is 15.3. The third-order valence-corrected chi connectivity index (χ3v) is 4.71. The van der Waals surface area contributed by atoms with Crippen molar-refractivity contribution in [2.45, 2.75) is 13.8 Å². The van der Waals surface area contributed by atoms with Crippen molar-refractivity contribution < 1.29 is 0 Å². The van der Waals surface area contributed by atoms with E-state index in [-0.39, 0.29) is 0 Å². The van der Waals surface area contributed by atoms with Gasteiger partial charge < -0.3 is 15.1 Å². The van der Waals surface area contributed by atoms with Crippen LogP contribution in [-0.4, -0.2) is 46.1 Å². The first-order chi connectivity index (χ1) is 13.2. The second-order valence-corrected chi connectivity index (χ2v) is 6.70. The predicted molar refractivity (Wildman–Crippen MR) is 108 cm³/mol. The van der Waals surface area contributed by atoms with E-state index in [9.17, 15) is 0 Å². The highest BCUT2D eigenvalue weighted by molar-refractivity contribution is 5.60. The molecule has 138 valence electrons. The van der Waals surface area contributed by atoms with Crippen LogP contribution >= 0.6 is 0 Å². The Labute approximate surface area is 159 Å². The van der Waals surface area contributed by atoms with E-state index >= 15 is 0 Å². The molecule has 0 atom stereocenters. The van der Waals surface area contributed by atoms with Gasteiger partial charge in [-0.1, -0.05) is 17.7 Å². The van der Waals surface area contributed by atoms with Gasteiger partial charge in [0.25, 0.3) is 0 Å². The van der Waals surface area contributed by atoms with Crippen LogP contribution in [-0.2, 0) is 0 Å². The Bertz CT molecular complexity index is 905. The van der Waals surface area contributed by atoms with Crippen molar-refractivity contribution in [1.82, 2.24) is 19.9 Å². The molecule has 3 aromatic rings. The van der Waals surface area contributed by atoms with E-state index < -0.39 is 0 Å². The first kappa shape index (κ1) is 17.2. The van der Waals surface area contributed by atoms with E-state index in [2.05, 4.69) is 62.1 Å². The molecule has 1 N–H and O–H groups in total. The number of nitrogens with one attached hydrogen (secondary N) is 1. The first-order valence-electron chi connectivity index (χ1n) is 9.13. The Morgan fingerprint density at radius 3 is 2.33 bits per heavy atom. The number of hydrogen-bond acceptors (Lipinski definition) is 7. The summed E-state index contributed by atoms with van der Waals surface area (Å²) in [6.07, 6.45) is 5.37.